The van der Waals surface area contributed by atoms with Crippen LogP contribution in [0.15, 0.2) is 12.3 Å². The predicted octanol–water partition coefficient (Wildman–Crippen LogP) is 2.25. The molecule has 0 N–H and O–H groups in total. The lowest BCUT2D eigenvalue weighted by Gasteiger charge is -2.46. The van der Waals surface area contributed by atoms with Gasteiger partial charge >= 0.3 is 0 Å². The first-order valence-corrected chi connectivity index (χ1v) is 8.18. The van der Waals surface area contributed by atoms with Crippen molar-refractivity contribution < 1.29 is 9.53 Å². The van der Waals surface area contributed by atoms with Crippen LogP contribution in [0.3, 0.4) is 0 Å². The molecule has 5 heteroatoms. The van der Waals surface area contributed by atoms with E-state index in [4.69, 9.17) is 4.74 Å². The highest BCUT2D eigenvalue weighted by atomic mass is 16.5. The SMILES string of the molecule is O=C(c1ccn(C2CCCCC2)n1)N1CC2(CCOC2)C1. The molecule has 1 saturated carbocycles. The summed E-state index contributed by atoms with van der Waals surface area (Å²) in [7, 11) is 0. The molecule has 21 heavy (non-hydrogen) atoms. The highest BCUT2D eigenvalue weighted by Crippen LogP contribution is 2.38. The quantitative estimate of drug-likeness (QED) is 0.839. The maximum absolute atomic E-state index is 12.5. The number of carbonyl (C=O) groups excluding carboxylic acids is 1. The van der Waals surface area contributed by atoms with E-state index in [9.17, 15) is 4.79 Å². The van der Waals surface area contributed by atoms with Crippen LogP contribution in [-0.4, -0.2) is 46.9 Å². The Hall–Kier alpha value is -1.36. The van der Waals surface area contributed by atoms with E-state index in [2.05, 4.69) is 5.10 Å². The van der Waals surface area contributed by atoms with Crippen LogP contribution in [0.4, 0.5) is 0 Å². The highest BCUT2D eigenvalue weighted by Gasteiger charge is 2.48. The fourth-order valence-corrected chi connectivity index (χ4v) is 3.97. The lowest BCUT2D eigenvalue weighted by atomic mass is 9.79. The van der Waals surface area contributed by atoms with Gasteiger partial charge in [-0.3, -0.25) is 9.48 Å². The maximum Gasteiger partial charge on any atom is 0.274 e. The van der Waals surface area contributed by atoms with E-state index in [0.29, 0.717) is 11.7 Å². The molecule has 0 bridgehead atoms. The first kappa shape index (κ1) is 13.3. The van der Waals surface area contributed by atoms with Crippen LogP contribution in [0.1, 0.15) is 55.1 Å². The molecule has 114 valence electrons. The minimum Gasteiger partial charge on any atom is -0.381 e. The molecule has 1 spiro atoms. The van der Waals surface area contributed by atoms with Gasteiger partial charge in [0.2, 0.25) is 0 Å². The second-order valence-corrected chi connectivity index (χ2v) is 6.94. The van der Waals surface area contributed by atoms with Crippen molar-refractivity contribution in [2.75, 3.05) is 26.3 Å². The second-order valence-electron chi connectivity index (χ2n) is 6.94. The number of aromatic nitrogens is 2. The standard InChI is InChI=1S/C16H23N3O2/c20-15(18-10-16(11-18)7-9-21-12-16)14-6-8-19(17-14)13-4-2-1-3-5-13/h6,8,13H,1-5,7,9-12H2. The van der Waals surface area contributed by atoms with Crippen LogP contribution < -0.4 is 0 Å². The number of nitrogens with zero attached hydrogens (tertiary/aromatic N) is 3. The number of carbonyl (C=O) groups is 1. The van der Waals surface area contributed by atoms with Crippen LogP contribution in [0, 0.1) is 5.41 Å². The van der Waals surface area contributed by atoms with Gasteiger partial charge in [0, 0.05) is 31.3 Å². The van der Waals surface area contributed by atoms with Crippen molar-refractivity contribution in [1.29, 1.82) is 0 Å². The largest absolute Gasteiger partial charge is 0.381 e. The smallest absolute Gasteiger partial charge is 0.274 e. The number of hydrogen-bond acceptors (Lipinski definition) is 3. The predicted molar refractivity (Wildman–Crippen MR) is 78.1 cm³/mol. The van der Waals surface area contributed by atoms with Gasteiger partial charge in [-0.1, -0.05) is 19.3 Å². The molecule has 1 aromatic heterocycles. The number of rotatable bonds is 2. The molecule has 4 rings (SSSR count). The van der Waals surface area contributed by atoms with Crippen LogP contribution in [0.25, 0.3) is 0 Å². The summed E-state index contributed by atoms with van der Waals surface area (Å²) < 4.78 is 7.48. The van der Waals surface area contributed by atoms with Crippen LogP contribution in [0.5, 0.6) is 0 Å². The molecule has 0 radical (unpaired) electrons. The van der Waals surface area contributed by atoms with E-state index in [0.717, 1.165) is 32.7 Å². The first-order chi connectivity index (χ1) is 10.3. The molecule has 3 heterocycles. The van der Waals surface area contributed by atoms with E-state index < -0.39 is 0 Å². The average molecular weight is 289 g/mol. The molecule has 0 aromatic carbocycles. The van der Waals surface area contributed by atoms with Gasteiger partial charge in [0.1, 0.15) is 5.69 Å². The number of likely N-dealkylation sites (tertiary alicyclic amines) is 1. The molecule has 1 aliphatic carbocycles. The van der Waals surface area contributed by atoms with Crippen molar-refractivity contribution in [1.82, 2.24) is 14.7 Å². The Morgan fingerprint density at radius 1 is 1.29 bits per heavy atom. The van der Waals surface area contributed by atoms with Gasteiger partial charge in [0.25, 0.3) is 5.91 Å². The molecule has 0 atom stereocenters. The number of ether oxygens (including phenoxy) is 1. The first-order valence-electron chi connectivity index (χ1n) is 8.18. The summed E-state index contributed by atoms with van der Waals surface area (Å²) in [6.45, 7) is 3.33. The normalized spacial score (nSPS) is 25.2. The van der Waals surface area contributed by atoms with Crippen molar-refractivity contribution in [3.63, 3.8) is 0 Å². The molecular weight excluding hydrogens is 266 g/mol. The van der Waals surface area contributed by atoms with Crippen LogP contribution in [0.2, 0.25) is 0 Å². The number of amides is 1. The third-order valence-corrected chi connectivity index (χ3v) is 5.30. The summed E-state index contributed by atoms with van der Waals surface area (Å²) in [6, 6.07) is 2.37. The Kier molecular flexibility index (Phi) is 3.25. The lowest BCUT2D eigenvalue weighted by molar-refractivity contribution is -0.000126. The van der Waals surface area contributed by atoms with Crippen molar-refractivity contribution in [3.05, 3.63) is 18.0 Å². The number of hydrogen-bond donors (Lipinski definition) is 0. The zero-order chi connectivity index (χ0) is 14.3. The summed E-state index contributed by atoms with van der Waals surface area (Å²) in [5, 5.41) is 4.55. The minimum absolute atomic E-state index is 0.0853. The molecule has 5 nitrogen and oxygen atoms in total. The van der Waals surface area contributed by atoms with Crippen LogP contribution >= 0.6 is 0 Å². The Morgan fingerprint density at radius 2 is 2.10 bits per heavy atom. The molecule has 1 amide bonds. The Bertz CT molecular complexity index is 519. The molecule has 0 unspecified atom stereocenters. The van der Waals surface area contributed by atoms with Gasteiger partial charge in [-0.2, -0.15) is 5.10 Å². The lowest BCUT2D eigenvalue weighted by Crippen LogP contribution is -2.58. The Labute approximate surface area is 125 Å². The van der Waals surface area contributed by atoms with E-state index in [1.807, 2.05) is 21.8 Å². The van der Waals surface area contributed by atoms with Gasteiger partial charge in [-0.15, -0.1) is 0 Å². The van der Waals surface area contributed by atoms with Crippen molar-refractivity contribution in [2.24, 2.45) is 5.41 Å². The van der Waals surface area contributed by atoms with E-state index in [1.165, 1.54) is 32.1 Å². The van der Waals surface area contributed by atoms with Gasteiger partial charge in [0.15, 0.2) is 0 Å². The summed E-state index contributed by atoms with van der Waals surface area (Å²) in [5.74, 6) is 0.0853. The summed E-state index contributed by atoms with van der Waals surface area (Å²) in [4.78, 5) is 14.4. The van der Waals surface area contributed by atoms with Gasteiger partial charge in [0.05, 0.1) is 12.6 Å². The molecule has 1 aromatic rings. The minimum atomic E-state index is 0.0853. The average Bonchev–Trinajstić information content (AvgIpc) is 3.15. The van der Waals surface area contributed by atoms with E-state index >= 15 is 0 Å². The Morgan fingerprint density at radius 3 is 2.81 bits per heavy atom. The molecule has 2 aliphatic heterocycles. The van der Waals surface area contributed by atoms with Crippen LogP contribution in [-0.2, 0) is 4.74 Å². The van der Waals surface area contributed by atoms with Crippen molar-refractivity contribution in [3.8, 4) is 0 Å². The summed E-state index contributed by atoms with van der Waals surface area (Å²) >= 11 is 0. The van der Waals surface area contributed by atoms with E-state index in [-0.39, 0.29) is 11.3 Å². The van der Waals surface area contributed by atoms with Crippen molar-refractivity contribution >= 4 is 5.91 Å². The molecule has 2 saturated heterocycles. The zero-order valence-corrected chi connectivity index (χ0v) is 12.5. The molecule has 3 fully saturated rings. The highest BCUT2D eigenvalue weighted by molar-refractivity contribution is 5.92. The zero-order valence-electron chi connectivity index (χ0n) is 12.5. The summed E-state index contributed by atoms with van der Waals surface area (Å²) in [5.41, 5.74) is 0.857. The van der Waals surface area contributed by atoms with Gasteiger partial charge in [-0.05, 0) is 25.3 Å². The fraction of sp³-hybridized carbons (Fsp3) is 0.750. The fourth-order valence-electron chi connectivity index (χ4n) is 3.97. The third kappa shape index (κ3) is 2.37. The third-order valence-electron chi connectivity index (χ3n) is 5.30. The molecular formula is C16H23N3O2. The maximum atomic E-state index is 12.5. The van der Waals surface area contributed by atoms with Gasteiger partial charge in [-0.25, -0.2) is 0 Å². The monoisotopic (exact) mass is 289 g/mol. The van der Waals surface area contributed by atoms with Crippen molar-refractivity contribution in [2.45, 2.75) is 44.6 Å². The Balaban J connectivity index is 1.40. The summed E-state index contributed by atoms with van der Waals surface area (Å²) in [6.07, 6.45) is 9.36. The molecule has 3 aliphatic rings. The topological polar surface area (TPSA) is 47.4 Å². The van der Waals surface area contributed by atoms with E-state index in [1.54, 1.807) is 0 Å². The second kappa shape index (κ2) is 5.13. The van der Waals surface area contributed by atoms with Gasteiger partial charge < -0.3 is 9.64 Å².